The molecule has 0 saturated carbocycles. The minimum atomic E-state index is -0.564. The standard InChI is InChI=1S/C20H15BrN2O4/c1-13(24)23-19-12-15(10-11-22-19)3-2-14-4-6-16(7-5-14)26-20(25)17-8-9-18(21)27-17/h2-12H,1H3,(H,22,23,24)/b3-2+. The quantitative estimate of drug-likeness (QED) is 0.468. The highest BCUT2D eigenvalue weighted by Gasteiger charge is 2.12. The Morgan fingerprint density at radius 2 is 1.81 bits per heavy atom. The minimum Gasteiger partial charge on any atom is -0.442 e. The van der Waals surface area contributed by atoms with Crippen LogP contribution in [0.5, 0.6) is 5.75 Å². The smallest absolute Gasteiger partial charge is 0.379 e. The van der Waals surface area contributed by atoms with Crippen LogP contribution in [0.1, 0.15) is 28.6 Å². The Labute approximate surface area is 164 Å². The third-order valence-corrected chi connectivity index (χ3v) is 3.85. The van der Waals surface area contributed by atoms with Crippen molar-refractivity contribution in [2.75, 3.05) is 5.32 Å². The number of esters is 1. The number of nitrogens with one attached hydrogen (secondary N) is 1. The summed E-state index contributed by atoms with van der Waals surface area (Å²) >= 11 is 3.14. The van der Waals surface area contributed by atoms with E-state index in [1.807, 2.05) is 30.4 Å². The van der Waals surface area contributed by atoms with Gasteiger partial charge in [0.2, 0.25) is 11.7 Å². The van der Waals surface area contributed by atoms with Crippen LogP contribution in [-0.2, 0) is 4.79 Å². The van der Waals surface area contributed by atoms with Crippen molar-refractivity contribution >= 4 is 45.8 Å². The van der Waals surface area contributed by atoms with Crippen molar-refractivity contribution in [1.82, 2.24) is 4.98 Å². The topological polar surface area (TPSA) is 81.4 Å². The molecule has 6 nitrogen and oxygen atoms in total. The van der Waals surface area contributed by atoms with E-state index in [2.05, 4.69) is 26.2 Å². The number of furan rings is 1. The lowest BCUT2D eigenvalue weighted by Crippen LogP contribution is -2.07. The average molecular weight is 427 g/mol. The number of hydrogen-bond donors (Lipinski definition) is 1. The first-order chi connectivity index (χ1) is 13.0. The van der Waals surface area contributed by atoms with E-state index in [-0.39, 0.29) is 11.7 Å². The number of carbonyl (C=O) groups excluding carboxylic acids is 2. The van der Waals surface area contributed by atoms with Crippen LogP contribution in [0.25, 0.3) is 12.2 Å². The van der Waals surface area contributed by atoms with Crippen LogP contribution in [0.3, 0.4) is 0 Å². The molecule has 0 aliphatic heterocycles. The lowest BCUT2D eigenvalue weighted by molar-refractivity contribution is -0.114. The van der Waals surface area contributed by atoms with E-state index >= 15 is 0 Å². The Balaban J connectivity index is 1.64. The van der Waals surface area contributed by atoms with E-state index in [1.54, 1.807) is 30.5 Å². The average Bonchev–Trinajstić information content (AvgIpc) is 3.07. The van der Waals surface area contributed by atoms with Gasteiger partial charge < -0.3 is 14.5 Å². The molecule has 0 fully saturated rings. The number of amides is 1. The number of hydrogen-bond acceptors (Lipinski definition) is 5. The lowest BCUT2D eigenvalue weighted by Gasteiger charge is -2.03. The summed E-state index contributed by atoms with van der Waals surface area (Å²) in [5.74, 6) is 0.304. The molecule has 0 atom stereocenters. The second-order valence-electron chi connectivity index (χ2n) is 5.55. The third kappa shape index (κ3) is 5.39. The molecule has 7 heteroatoms. The zero-order valence-electron chi connectivity index (χ0n) is 14.3. The van der Waals surface area contributed by atoms with E-state index in [0.717, 1.165) is 11.1 Å². The number of carbonyl (C=O) groups is 2. The van der Waals surface area contributed by atoms with Crippen LogP contribution in [0, 0.1) is 0 Å². The maximum atomic E-state index is 11.9. The first-order valence-corrected chi connectivity index (χ1v) is 8.78. The van der Waals surface area contributed by atoms with Gasteiger partial charge in [0.25, 0.3) is 0 Å². The van der Waals surface area contributed by atoms with Crippen molar-refractivity contribution < 1.29 is 18.7 Å². The van der Waals surface area contributed by atoms with Crippen LogP contribution >= 0.6 is 15.9 Å². The third-order valence-electron chi connectivity index (χ3n) is 3.42. The Morgan fingerprint density at radius 3 is 2.48 bits per heavy atom. The predicted octanol–water partition coefficient (Wildman–Crippen LogP) is 4.79. The molecule has 0 unspecified atom stereocenters. The molecule has 1 N–H and O–H groups in total. The van der Waals surface area contributed by atoms with Gasteiger partial charge in [-0.25, -0.2) is 9.78 Å². The SMILES string of the molecule is CC(=O)Nc1cc(/C=C/c2ccc(OC(=O)c3ccc(Br)o3)cc2)ccn1. The second kappa shape index (κ2) is 8.46. The van der Waals surface area contributed by atoms with E-state index < -0.39 is 5.97 Å². The molecule has 0 aliphatic rings. The molecule has 2 heterocycles. The van der Waals surface area contributed by atoms with Gasteiger partial charge >= 0.3 is 5.97 Å². The maximum Gasteiger partial charge on any atom is 0.379 e. The highest BCUT2D eigenvalue weighted by Crippen LogP contribution is 2.19. The van der Waals surface area contributed by atoms with Crippen LogP contribution < -0.4 is 10.1 Å². The molecule has 0 bridgehead atoms. The number of benzene rings is 1. The number of rotatable bonds is 5. The molecule has 0 saturated heterocycles. The number of ether oxygens (including phenoxy) is 1. The molecule has 3 rings (SSSR count). The molecule has 2 aromatic heterocycles. The van der Waals surface area contributed by atoms with Gasteiger partial charge in [0.05, 0.1) is 0 Å². The van der Waals surface area contributed by atoms with Gasteiger partial charge in [-0.1, -0.05) is 24.3 Å². The summed E-state index contributed by atoms with van der Waals surface area (Å²) in [5, 5.41) is 2.64. The fraction of sp³-hybridized carbons (Fsp3) is 0.0500. The molecule has 3 aromatic rings. The molecular formula is C20H15BrN2O4. The Hall–Kier alpha value is -3.19. The first-order valence-electron chi connectivity index (χ1n) is 7.99. The van der Waals surface area contributed by atoms with Crippen molar-refractivity contribution in [3.8, 4) is 5.75 Å². The summed E-state index contributed by atoms with van der Waals surface area (Å²) in [7, 11) is 0. The van der Waals surface area contributed by atoms with Gasteiger partial charge in [-0.05, 0) is 63.5 Å². The number of aromatic nitrogens is 1. The van der Waals surface area contributed by atoms with Gasteiger partial charge in [-0.3, -0.25) is 4.79 Å². The number of pyridine rings is 1. The largest absolute Gasteiger partial charge is 0.442 e. The molecular weight excluding hydrogens is 412 g/mol. The van der Waals surface area contributed by atoms with Crippen molar-refractivity contribution in [3.05, 3.63) is 76.3 Å². The van der Waals surface area contributed by atoms with Gasteiger partial charge in [0.15, 0.2) is 4.67 Å². The van der Waals surface area contributed by atoms with E-state index in [0.29, 0.717) is 16.2 Å². The van der Waals surface area contributed by atoms with Gasteiger partial charge in [-0.2, -0.15) is 0 Å². The van der Waals surface area contributed by atoms with Crippen molar-refractivity contribution in [3.63, 3.8) is 0 Å². The normalized spacial score (nSPS) is 10.7. The number of halogens is 1. The van der Waals surface area contributed by atoms with Crippen molar-refractivity contribution in [1.29, 1.82) is 0 Å². The van der Waals surface area contributed by atoms with Crippen LogP contribution in [0.4, 0.5) is 5.82 Å². The van der Waals surface area contributed by atoms with Gasteiger partial charge in [0, 0.05) is 13.1 Å². The van der Waals surface area contributed by atoms with E-state index in [9.17, 15) is 9.59 Å². The summed E-state index contributed by atoms with van der Waals surface area (Å²) in [5.41, 5.74) is 1.82. The number of anilines is 1. The summed E-state index contributed by atoms with van der Waals surface area (Å²) in [4.78, 5) is 27.1. The van der Waals surface area contributed by atoms with E-state index in [4.69, 9.17) is 9.15 Å². The molecule has 0 aliphatic carbocycles. The summed E-state index contributed by atoms with van der Waals surface area (Å²) in [6, 6.07) is 13.8. The Kier molecular flexibility index (Phi) is 5.83. The second-order valence-corrected chi connectivity index (χ2v) is 6.33. The molecule has 0 radical (unpaired) electrons. The molecule has 1 aromatic carbocycles. The van der Waals surface area contributed by atoms with Gasteiger partial charge in [0.1, 0.15) is 11.6 Å². The maximum absolute atomic E-state index is 11.9. The van der Waals surface area contributed by atoms with Crippen LogP contribution in [0.15, 0.2) is 63.8 Å². The minimum absolute atomic E-state index is 0.124. The van der Waals surface area contributed by atoms with Crippen molar-refractivity contribution in [2.24, 2.45) is 0 Å². The lowest BCUT2D eigenvalue weighted by atomic mass is 10.1. The van der Waals surface area contributed by atoms with Crippen LogP contribution in [0.2, 0.25) is 0 Å². The number of nitrogens with zero attached hydrogens (tertiary/aromatic N) is 1. The summed E-state index contributed by atoms with van der Waals surface area (Å²) in [6.07, 6.45) is 5.43. The highest BCUT2D eigenvalue weighted by molar-refractivity contribution is 9.10. The van der Waals surface area contributed by atoms with Gasteiger partial charge in [-0.15, -0.1) is 0 Å². The van der Waals surface area contributed by atoms with Crippen LogP contribution in [-0.4, -0.2) is 16.9 Å². The molecule has 1 amide bonds. The molecule has 136 valence electrons. The summed E-state index contributed by atoms with van der Waals surface area (Å²) in [6.45, 7) is 1.43. The fourth-order valence-electron chi connectivity index (χ4n) is 2.22. The first kappa shape index (κ1) is 18.6. The van der Waals surface area contributed by atoms with Crippen molar-refractivity contribution in [2.45, 2.75) is 6.92 Å². The monoisotopic (exact) mass is 426 g/mol. The Bertz CT molecular complexity index is 993. The Morgan fingerprint density at radius 1 is 1.07 bits per heavy atom. The molecule has 0 spiro atoms. The fourth-order valence-corrected chi connectivity index (χ4v) is 2.53. The molecule has 27 heavy (non-hydrogen) atoms. The summed E-state index contributed by atoms with van der Waals surface area (Å²) < 4.78 is 10.9. The van der Waals surface area contributed by atoms with E-state index in [1.165, 1.54) is 13.0 Å². The zero-order chi connectivity index (χ0) is 19.2. The predicted molar refractivity (Wildman–Crippen MR) is 105 cm³/mol. The highest BCUT2D eigenvalue weighted by atomic mass is 79.9. The zero-order valence-corrected chi connectivity index (χ0v) is 15.9.